The Balaban J connectivity index is 2.18. The molecule has 0 aromatic heterocycles. The van der Waals surface area contributed by atoms with Gasteiger partial charge in [0.1, 0.15) is 11.8 Å². The molecule has 0 saturated carbocycles. The van der Waals surface area contributed by atoms with E-state index in [1.807, 2.05) is 13.0 Å². The van der Waals surface area contributed by atoms with Gasteiger partial charge < -0.3 is 10.1 Å². The van der Waals surface area contributed by atoms with Crippen LogP contribution in [0.4, 0.5) is 0 Å². The Bertz CT molecular complexity index is 517. The minimum atomic E-state index is -0.459. The van der Waals surface area contributed by atoms with Crippen LogP contribution in [0.25, 0.3) is 0 Å². The summed E-state index contributed by atoms with van der Waals surface area (Å²) in [7, 11) is 1.55. The highest BCUT2D eigenvalue weighted by molar-refractivity contribution is 6.32. The van der Waals surface area contributed by atoms with E-state index in [9.17, 15) is 4.79 Å². The number of rotatable bonds is 4. The molecule has 1 amide bonds. The number of hydrogen-bond acceptors (Lipinski definition) is 3. The molecule has 2 rings (SSSR count). The van der Waals surface area contributed by atoms with Gasteiger partial charge >= 0.3 is 0 Å². The van der Waals surface area contributed by atoms with E-state index in [2.05, 4.69) is 15.6 Å². The fourth-order valence-corrected chi connectivity index (χ4v) is 2.10. The molecule has 0 spiro atoms. The number of aliphatic imine (C=N–C) groups is 1. The lowest BCUT2D eigenvalue weighted by Gasteiger charge is -2.10. The van der Waals surface area contributed by atoms with Crippen molar-refractivity contribution in [2.75, 3.05) is 13.7 Å². The minimum Gasteiger partial charge on any atom is -0.495 e. The zero-order valence-electron chi connectivity index (χ0n) is 10.9. The molecule has 19 heavy (non-hydrogen) atoms. The maximum absolute atomic E-state index is 11.9. The van der Waals surface area contributed by atoms with Gasteiger partial charge in [-0.1, -0.05) is 24.6 Å². The van der Waals surface area contributed by atoms with Crippen molar-refractivity contribution >= 4 is 23.5 Å². The molecule has 1 aliphatic heterocycles. The van der Waals surface area contributed by atoms with Gasteiger partial charge in [0, 0.05) is 6.54 Å². The van der Waals surface area contributed by atoms with Crippen LogP contribution in [0.3, 0.4) is 0 Å². The summed E-state index contributed by atoms with van der Waals surface area (Å²) in [5.74, 6) is 0.976. The quantitative estimate of drug-likeness (QED) is 0.886. The Hall–Kier alpha value is -1.75. The molecule has 0 radical (unpaired) electrons. The van der Waals surface area contributed by atoms with Gasteiger partial charge in [0.05, 0.1) is 12.1 Å². The molecule has 1 fully saturated rings. The second-order valence-electron chi connectivity index (χ2n) is 4.19. The van der Waals surface area contributed by atoms with Crippen LogP contribution in [0.1, 0.15) is 24.9 Å². The number of carbonyl (C=O) groups is 1. The monoisotopic (exact) mass is 281 g/mol. The second kappa shape index (κ2) is 5.93. The van der Waals surface area contributed by atoms with Gasteiger partial charge in [-0.3, -0.25) is 15.1 Å². The molecule has 2 N–H and O–H groups in total. The average molecular weight is 282 g/mol. The van der Waals surface area contributed by atoms with Gasteiger partial charge in [0.25, 0.3) is 5.91 Å². The first-order chi connectivity index (χ1) is 9.15. The Morgan fingerprint density at radius 2 is 2.26 bits per heavy atom. The van der Waals surface area contributed by atoms with Crippen molar-refractivity contribution < 1.29 is 9.53 Å². The topological polar surface area (TPSA) is 62.7 Å². The van der Waals surface area contributed by atoms with Crippen molar-refractivity contribution in [3.63, 3.8) is 0 Å². The van der Waals surface area contributed by atoms with Crippen LogP contribution in [0.15, 0.2) is 23.2 Å². The summed E-state index contributed by atoms with van der Waals surface area (Å²) in [4.78, 5) is 16.1. The summed E-state index contributed by atoms with van der Waals surface area (Å²) in [5, 5.41) is 6.24. The van der Waals surface area contributed by atoms with Crippen LogP contribution in [-0.2, 0) is 4.79 Å². The van der Waals surface area contributed by atoms with Crippen molar-refractivity contribution in [3.05, 3.63) is 28.8 Å². The van der Waals surface area contributed by atoms with Gasteiger partial charge in [0.15, 0.2) is 5.96 Å². The number of ether oxygens (including phenoxy) is 1. The molecule has 0 aliphatic carbocycles. The molecular weight excluding hydrogens is 266 g/mol. The van der Waals surface area contributed by atoms with Crippen LogP contribution in [-0.4, -0.2) is 25.5 Å². The number of methoxy groups -OCH3 is 1. The molecule has 1 atom stereocenters. The largest absolute Gasteiger partial charge is 0.495 e. The predicted molar refractivity (Wildman–Crippen MR) is 74.6 cm³/mol. The molecule has 1 aliphatic rings. The van der Waals surface area contributed by atoms with Crippen LogP contribution >= 0.6 is 11.6 Å². The zero-order chi connectivity index (χ0) is 13.8. The summed E-state index contributed by atoms with van der Waals surface area (Å²) in [6.45, 7) is 2.71. The van der Waals surface area contributed by atoms with Crippen molar-refractivity contribution in [3.8, 4) is 5.75 Å². The first-order valence-electron chi connectivity index (χ1n) is 6.11. The van der Waals surface area contributed by atoms with Crippen LogP contribution in [0.5, 0.6) is 5.75 Å². The van der Waals surface area contributed by atoms with Crippen molar-refractivity contribution in [2.24, 2.45) is 4.99 Å². The Morgan fingerprint density at radius 1 is 1.47 bits per heavy atom. The molecule has 5 nitrogen and oxygen atoms in total. The first-order valence-corrected chi connectivity index (χ1v) is 6.48. The van der Waals surface area contributed by atoms with E-state index in [1.165, 1.54) is 0 Å². The number of amides is 1. The standard InChI is InChI=1S/C13H16ClN3O2/c1-3-6-15-13-16-11(12(18)17-13)8-4-5-10(19-2)9(14)7-8/h4-5,7,11H,3,6H2,1-2H3,(H2,15,16,17,18). The molecule has 0 bridgehead atoms. The lowest BCUT2D eigenvalue weighted by Crippen LogP contribution is -2.25. The highest BCUT2D eigenvalue weighted by Crippen LogP contribution is 2.28. The van der Waals surface area contributed by atoms with Crippen molar-refractivity contribution in [2.45, 2.75) is 19.4 Å². The van der Waals surface area contributed by atoms with Crippen LogP contribution < -0.4 is 15.4 Å². The third-order valence-electron chi connectivity index (χ3n) is 2.79. The summed E-state index contributed by atoms with van der Waals surface area (Å²) >= 11 is 6.06. The molecular formula is C13H16ClN3O2. The fraction of sp³-hybridized carbons (Fsp3) is 0.385. The third kappa shape index (κ3) is 2.98. The number of hydrogen-bond donors (Lipinski definition) is 2. The molecule has 1 aromatic rings. The molecule has 1 heterocycles. The number of benzene rings is 1. The van der Waals surface area contributed by atoms with Gasteiger partial charge in [-0.05, 0) is 24.1 Å². The molecule has 102 valence electrons. The van der Waals surface area contributed by atoms with Crippen LogP contribution in [0, 0.1) is 0 Å². The number of nitrogens with zero attached hydrogens (tertiary/aromatic N) is 1. The first kappa shape index (κ1) is 13.7. The average Bonchev–Trinajstić information content (AvgIpc) is 2.77. The summed E-state index contributed by atoms with van der Waals surface area (Å²) in [5.41, 5.74) is 0.782. The van der Waals surface area contributed by atoms with Gasteiger partial charge in [-0.2, -0.15) is 0 Å². The van der Waals surface area contributed by atoms with Crippen molar-refractivity contribution in [1.29, 1.82) is 0 Å². The molecule has 1 unspecified atom stereocenters. The number of halogens is 1. The lowest BCUT2D eigenvalue weighted by atomic mass is 10.1. The van der Waals surface area contributed by atoms with E-state index >= 15 is 0 Å². The Labute approximate surface area is 117 Å². The normalized spacial score (nSPS) is 20.3. The van der Waals surface area contributed by atoms with E-state index in [0.29, 0.717) is 23.3 Å². The second-order valence-corrected chi connectivity index (χ2v) is 4.60. The van der Waals surface area contributed by atoms with Gasteiger partial charge in [0.2, 0.25) is 0 Å². The maximum Gasteiger partial charge on any atom is 0.253 e. The third-order valence-corrected chi connectivity index (χ3v) is 3.08. The van der Waals surface area contributed by atoms with Gasteiger partial charge in [-0.15, -0.1) is 0 Å². The predicted octanol–water partition coefficient (Wildman–Crippen LogP) is 1.88. The van der Waals surface area contributed by atoms with E-state index in [4.69, 9.17) is 16.3 Å². The molecule has 6 heteroatoms. The number of nitrogens with one attached hydrogen (secondary N) is 2. The Morgan fingerprint density at radius 3 is 2.89 bits per heavy atom. The maximum atomic E-state index is 11.9. The zero-order valence-corrected chi connectivity index (χ0v) is 11.6. The fourth-order valence-electron chi connectivity index (χ4n) is 1.83. The Kier molecular flexibility index (Phi) is 4.27. The van der Waals surface area contributed by atoms with E-state index < -0.39 is 6.04 Å². The molecule has 1 saturated heterocycles. The van der Waals surface area contributed by atoms with Crippen molar-refractivity contribution in [1.82, 2.24) is 10.6 Å². The van der Waals surface area contributed by atoms with E-state index in [0.717, 1.165) is 12.0 Å². The lowest BCUT2D eigenvalue weighted by molar-refractivity contribution is -0.120. The highest BCUT2D eigenvalue weighted by Gasteiger charge is 2.29. The number of guanidine groups is 1. The highest BCUT2D eigenvalue weighted by atomic mass is 35.5. The van der Waals surface area contributed by atoms with Gasteiger partial charge in [-0.25, -0.2) is 0 Å². The smallest absolute Gasteiger partial charge is 0.253 e. The summed E-state index contributed by atoms with van der Waals surface area (Å²) in [6, 6.07) is 4.82. The van der Waals surface area contributed by atoms with Crippen LogP contribution in [0.2, 0.25) is 5.02 Å². The van der Waals surface area contributed by atoms with E-state index in [-0.39, 0.29) is 5.91 Å². The SMILES string of the molecule is CCCN=C1NC(=O)C(c2ccc(OC)c(Cl)c2)N1. The minimum absolute atomic E-state index is 0.129. The van der Waals surface area contributed by atoms with E-state index in [1.54, 1.807) is 19.2 Å². The molecule has 1 aromatic carbocycles. The number of carbonyl (C=O) groups excluding carboxylic acids is 1. The summed E-state index contributed by atoms with van der Waals surface area (Å²) < 4.78 is 5.09. The summed E-state index contributed by atoms with van der Waals surface area (Å²) in [6.07, 6.45) is 0.931.